The third-order valence-electron chi connectivity index (χ3n) is 4.39. The molecule has 1 saturated heterocycles. The Morgan fingerprint density at radius 3 is 2.60 bits per heavy atom. The van der Waals surface area contributed by atoms with Gasteiger partial charge in [0.15, 0.2) is 0 Å². The molecule has 1 aliphatic heterocycles. The van der Waals surface area contributed by atoms with Crippen LogP contribution < -0.4 is 5.32 Å². The van der Waals surface area contributed by atoms with Crippen LogP contribution in [0, 0.1) is 13.8 Å². The van der Waals surface area contributed by atoms with Crippen LogP contribution in [0.5, 0.6) is 0 Å². The lowest BCUT2D eigenvalue weighted by Gasteiger charge is -2.32. The van der Waals surface area contributed by atoms with Crippen molar-refractivity contribution in [3.8, 4) is 0 Å². The predicted molar refractivity (Wildman–Crippen MR) is 85.3 cm³/mol. The summed E-state index contributed by atoms with van der Waals surface area (Å²) >= 11 is 0. The summed E-state index contributed by atoms with van der Waals surface area (Å²) in [6.45, 7) is 8.68. The normalized spacial score (nSPS) is 20.9. The molecular weight excluding hydrogens is 246 g/mol. The van der Waals surface area contributed by atoms with Crippen molar-refractivity contribution in [1.82, 2.24) is 5.32 Å². The number of hydrogen-bond acceptors (Lipinski definition) is 2. The van der Waals surface area contributed by atoms with Gasteiger partial charge in [0.05, 0.1) is 6.10 Å². The molecule has 2 atom stereocenters. The summed E-state index contributed by atoms with van der Waals surface area (Å²) in [6, 6.07) is 7.05. The molecule has 2 nitrogen and oxygen atoms in total. The Labute approximate surface area is 123 Å². The number of rotatable bonds is 6. The Kier molecular flexibility index (Phi) is 6.06. The van der Waals surface area contributed by atoms with Gasteiger partial charge in [-0.25, -0.2) is 0 Å². The lowest BCUT2D eigenvalue weighted by molar-refractivity contribution is -0.00742. The van der Waals surface area contributed by atoms with Crippen LogP contribution in [0.15, 0.2) is 18.2 Å². The maximum atomic E-state index is 6.03. The molecule has 1 N–H and O–H groups in total. The van der Waals surface area contributed by atoms with E-state index in [4.69, 9.17) is 4.74 Å². The van der Waals surface area contributed by atoms with Gasteiger partial charge in [-0.05, 0) is 69.2 Å². The molecule has 0 amide bonds. The largest absolute Gasteiger partial charge is 0.377 e. The van der Waals surface area contributed by atoms with Crippen LogP contribution in [0.1, 0.15) is 49.3 Å². The van der Waals surface area contributed by atoms with E-state index in [1.807, 2.05) is 0 Å². The quantitative estimate of drug-likeness (QED) is 0.853. The number of nitrogens with one attached hydrogen (secondary N) is 1. The Morgan fingerprint density at radius 2 is 2.00 bits per heavy atom. The molecule has 1 fully saturated rings. The van der Waals surface area contributed by atoms with Gasteiger partial charge in [0.1, 0.15) is 0 Å². The smallest absolute Gasteiger partial charge is 0.0731 e. The summed E-state index contributed by atoms with van der Waals surface area (Å²) in [6.07, 6.45) is 6.38. The fraction of sp³-hybridized carbons (Fsp3) is 0.667. The maximum absolute atomic E-state index is 6.03. The fourth-order valence-corrected chi connectivity index (χ4v) is 3.14. The van der Waals surface area contributed by atoms with E-state index in [0.717, 1.165) is 19.6 Å². The molecule has 1 aromatic rings. The van der Waals surface area contributed by atoms with Crippen LogP contribution in [0.25, 0.3) is 0 Å². The van der Waals surface area contributed by atoms with Gasteiger partial charge in [0.25, 0.3) is 0 Å². The first-order chi connectivity index (χ1) is 9.72. The van der Waals surface area contributed by atoms with Crippen LogP contribution >= 0.6 is 0 Å². The topological polar surface area (TPSA) is 21.3 Å². The lowest BCUT2D eigenvalue weighted by atomic mass is 9.91. The van der Waals surface area contributed by atoms with E-state index in [9.17, 15) is 0 Å². The molecule has 0 aliphatic carbocycles. The monoisotopic (exact) mass is 275 g/mol. The van der Waals surface area contributed by atoms with Crippen molar-refractivity contribution in [2.75, 3.05) is 13.2 Å². The second kappa shape index (κ2) is 7.80. The van der Waals surface area contributed by atoms with E-state index in [2.05, 4.69) is 44.3 Å². The molecule has 20 heavy (non-hydrogen) atoms. The van der Waals surface area contributed by atoms with Crippen LogP contribution in [-0.2, 0) is 11.2 Å². The SMILES string of the molecule is CCCNC(Cc1c(C)cccc1C)C1CCCCO1. The zero-order valence-electron chi connectivity index (χ0n) is 13.2. The van der Waals surface area contributed by atoms with Gasteiger partial charge < -0.3 is 10.1 Å². The fourth-order valence-electron chi connectivity index (χ4n) is 3.14. The molecule has 1 aliphatic rings. The summed E-state index contributed by atoms with van der Waals surface area (Å²) in [5.41, 5.74) is 4.31. The summed E-state index contributed by atoms with van der Waals surface area (Å²) < 4.78 is 6.03. The highest BCUT2D eigenvalue weighted by molar-refractivity contribution is 5.34. The van der Waals surface area contributed by atoms with E-state index >= 15 is 0 Å². The van der Waals surface area contributed by atoms with E-state index in [-0.39, 0.29) is 0 Å². The Bertz CT molecular complexity index is 390. The van der Waals surface area contributed by atoms with Crippen LogP contribution in [-0.4, -0.2) is 25.3 Å². The minimum Gasteiger partial charge on any atom is -0.377 e. The molecule has 0 radical (unpaired) electrons. The molecule has 1 aromatic carbocycles. The molecule has 0 saturated carbocycles. The average Bonchev–Trinajstić information content (AvgIpc) is 2.47. The number of hydrogen-bond donors (Lipinski definition) is 1. The average molecular weight is 275 g/mol. The molecule has 0 bridgehead atoms. The van der Waals surface area contributed by atoms with Crippen molar-refractivity contribution in [1.29, 1.82) is 0 Å². The molecular formula is C18H29NO. The van der Waals surface area contributed by atoms with E-state index in [1.54, 1.807) is 0 Å². The van der Waals surface area contributed by atoms with Crippen LogP contribution in [0.3, 0.4) is 0 Å². The van der Waals surface area contributed by atoms with Crippen molar-refractivity contribution >= 4 is 0 Å². The third-order valence-corrected chi connectivity index (χ3v) is 4.39. The van der Waals surface area contributed by atoms with Crippen LogP contribution in [0.4, 0.5) is 0 Å². The highest BCUT2D eigenvalue weighted by atomic mass is 16.5. The highest BCUT2D eigenvalue weighted by Gasteiger charge is 2.25. The van der Waals surface area contributed by atoms with E-state index < -0.39 is 0 Å². The third kappa shape index (κ3) is 4.07. The predicted octanol–water partition coefficient (Wildman–Crippen LogP) is 3.78. The first-order valence-corrected chi connectivity index (χ1v) is 8.12. The molecule has 2 rings (SSSR count). The Hall–Kier alpha value is -0.860. The van der Waals surface area contributed by atoms with Gasteiger partial charge in [0.2, 0.25) is 0 Å². The summed E-state index contributed by atoms with van der Waals surface area (Å²) in [4.78, 5) is 0. The minimum absolute atomic E-state index is 0.384. The van der Waals surface area contributed by atoms with Gasteiger partial charge in [-0.15, -0.1) is 0 Å². The zero-order valence-corrected chi connectivity index (χ0v) is 13.2. The number of benzene rings is 1. The van der Waals surface area contributed by atoms with E-state index in [1.165, 1.54) is 42.4 Å². The van der Waals surface area contributed by atoms with Crippen molar-refractivity contribution < 1.29 is 4.74 Å². The van der Waals surface area contributed by atoms with Crippen molar-refractivity contribution in [2.24, 2.45) is 0 Å². The second-order valence-corrected chi connectivity index (χ2v) is 6.04. The molecule has 0 spiro atoms. The lowest BCUT2D eigenvalue weighted by Crippen LogP contribution is -2.45. The van der Waals surface area contributed by atoms with E-state index in [0.29, 0.717) is 12.1 Å². The summed E-state index contributed by atoms with van der Waals surface area (Å²) in [5.74, 6) is 0. The van der Waals surface area contributed by atoms with Crippen molar-refractivity contribution in [3.05, 3.63) is 34.9 Å². The second-order valence-electron chi connectivity index (χ2n) is 6.04. The van der Waals surface area contributed by atoms with Crippen LogP contribution in [0.2, 0.25) is 0 Å². The Morgan fingerprint density at radius 1 is 1.25 bits per heavy atom. The summed E-state index contributed by atoms with van der Waals surface area (Å²) in [5, 5.41) is 3.72. The number of ether oxygens (including phenoxy) is 1. The minimum atomic E-state index is 0.384. The van der Waals surface area contributed by atoms with Gasteiger partial charge in [-0.3, -0.25) is 0 Å². The van der Waals surface area contributed by atoms with Crippen molar-refractivity contribution in [2.45, 2.75) is 65.0 Å². The molecule has 0 aromatic heterocycles. The molecule has 112 valence electrons. The van der Waals surface area contributed by atoms with Gasteiger partial charge in [-0.2, -0.15) is 0 Å². The zero-order chi connectivity index (χ0) is 14.4. The number of aryl methyl sites for hydroxylation is 2. The van der Waals surface area contributed by atoms with Gasteiger partial charge >= 0.3 is 0 Å². The molecule has 2 heteroatoms. The standard InChI is InChI=1S/C18H29NO/c1-4-11-19-17(18-10-5-6-12-20-18)13-16-14(2)8-7-9-15(16)3/h7-9,17-19H,4-6,10-13H2,1-3H3. The first kappa shape index (κ1) is 15.5. The molecule has 2 unspecified atom stereocenters. The highest BCUT2D eigenvalue weighted by Crippen LogP contribution is 2.22. The van der Waals surface area contributed by atoms with Gasteiger partial charge in [-0.1, -0.05) is 25.1 Å². The maximum Gasteiger partial charge on any atom is 0.0731 e. The molecule has 1 heterocycles. The van der Waals surface area contributed by atoms with Gasteiger partial charge in [0, 0.05) is 12.6 Å². The Balaban J connectivity index is 2.09. The first-order valence-electron chi connectivity index (χ1n) is 8.12. The van der Waals surface area contributed by atoms with Crippen molar-refractivity contribution in [3.63, 3.8) is 0 Å². The summed E-state index contributed by atoms with van der Waals surface area (Å²) in [7, 11) is 0.